The molecule has 0 bridgehead atoms. The fraction of sp³-hybridized carbons (Fsp3) is 0.909. The van der Waals surface area contributed by atoms with Gasteiger partial charge in [0.15, 0.2) is 0 Å². The Bertz CT molecular complexity index is 190. The van der Waals surface area contributed by atoms with Gasteiger partial charge < -0.3 is 15.2 Å². The first-order valence-electron chi connectivity index (χ1n) is 5.71. The van der Waals surface area contributed by atoms with Gasteiger partial charge >= 0.3 is 0 Å². The molecule has 1 fully saturated rings. The Morgan fingerprint density at radius 1 is 1.60 bits per heavy atom. The highest BCUT2D eigenvalue weighted by atomic mass is 16.5. The van der Waals surface area contributed by atoms with Crippen LogP contribution >= 0.6 is 0 Å². The Balaban J connectivity index is 2.11. The van der Waals surface area contributed by atoms with Crippen LogP contribution in [0.2, 0.25) is 0 Å². The van der Waals surface area contributed by atoms with Crippen LogP contribution < -0.4 is 5.32 Å². The predicted molar refractivity (Wildman–Crippen MR) is 57.5 cm³/mol. The number of hydrogen-bond acceptors (Lipinski definition) is 3. The fourth-order valence-corrected chi connectivity index (χ4v) is 1.60. The molecule has 0 aromatic heterocycles. The summed E-state index contributed by atoms with van der Waals surface area (Å²) in [4.78, 5) is 11.5. The molecule has 2 unspecified atom stereocenters. The Hall–Kier alpha value is -0.610. The Kier molecular flexibility index (Phi) is 5.65. The van der Waals surface area contributed by atoms with Gasteiger partial charge in [-0.15, -0.1) is 0 Å². The topological polar surface area (TPSA) is 58.6 Å². The summed E-state index contributed by atoms with van der Waals surface area (Å²) in [5, 5.41) is 11.6. The molecule has 0 spiro atoms. The molecule has 0 aromatic rings. The average Bonchev–Trinajstić information content (AvgIpc) is 2.27. The number of hydrogen-bond donors (Lipinski definition) is 2. The van der Waals surface area contributed by atoms with E-state index in [0.717, 1.165) is 25.9 Å². The minimum Gasteiger partial charge on any atom is -0.396 e. The third-order valence-corrected chi connectivity index (χ3v) is 2.65. The van der Waals surface area contributed by atoms with E-state index in [1.807, 2.05) is 6.92 Å². The summed E-state index contributed by atoms with van der Waals surface area (Å²) in [6.07, 6.45) is 3.81. The van der Waals surface area contributed by atoms with Crippen molar-refractivity contribution in [2.75, 3.05) is 19.8 Å². The van der Waals surface area contributed by atoms with Crippen molar-refractivity contribution in [2.24, 2.45) is 5.92 Å². The lowest BCUT2D eigenvalue weighted by Gasteiger charge is -2.22. The predicted octanol–water partition coefficient (Wildman–Crippen LogP) is 0.690. The van der Waals surface area contributed by atoms with E-state index in [0.29, 0.717) is 13.0 Å². The monoisotopic (exact) mass is 215 g/mol. The largest absolute Gasteiger partial charge is 0.396 e. The molecule has 1 aliphatic heterocycles. The Morgan fingerprint density at radius 2 is 2.40 bits per heavy atom. The lowest BCUT2D eigenvalue weighted by Crippen LogP contribution is -2.33. The molecular formula is C11H21NO3. The summed E-state index contributed by atoms with van der Waals surface area (Å²) in [7, 11) is 0. The molecule has 15 heavy (non-hydrogen) atoms. The molecule has 0 aromatic carbocycles. The van der Waals surface area contributed by atoms with E-state index >= 15 is 0 Å². The number of rotatable bonds is 5. The molecule has 2 atom stereocenters. The second-order valence-corrected chi connectivity index (χ2v) is 4.28. The zero-order valence-corrected chi connectivity index (χ0v) is 9.37. The second kappa shape index (κ2) is 6.80. The number of amides is 1. The molecule has 1 amide bonds. The van der Waals surface area contributed by atoms with E-state index < -0.39 is 0 Å². The van der Waals surface area contributed by atoms with Crippen LogP contribution in [0, 0.1) is 5.92 Å². The second-order valence-electron chi connectivity index (χ2n) is 4.28. The summed E-state index contributed by atoms with van der Waals surface area (Å²) in [5.74, 6) is 0.156. The van der Waals surface area contributed by atoms with Gasteiger partial charge in [0.25, 0.3) is 0 Å². The van der Waals surface area contributed by atoms with Gasteiger partial charge in [0, 0.05) is 19.8 Å². The highest BCUT2D eigenvalue weighted by Crippen LogP contribution is 2.15. The van der Waals surface area contributed by atoms with E-state index in [1.54, 1.807) is 0 Å². The summed E-state index contributed by atoms with van der Waals surface area (Å²) in [5.41, 5.74) is 0. The van der Waals surface area contributed by atoms with Gasteiger partial charge in [0.05, 0.1) is 12.5 Å². The first kappa shape index (κ1) is 12.5. The Labute approximate surface area is 91.0 Å². The van der Waals surface area contributed by atoms with E-state index in [2.05, 4.69) is 5.32 Å². The van der Waals surface area contributed by atoms with Crippen molar-refractivity contribution in [3.8, 4) is 0 Å². The fourth-order valence-electron chi connectivity index (χ4n) is 1.60. The number of ether oxygens (including phenoxy) is 1. The molecular weight excluding hydrogens is 194 g/mol. The van der Waals surface area contributed by atoms with Gasteiger partial charge in [0.2, 0.25) is 5.91 Å². The van der Waals surface area contributed by atoms with E-state index in [-0.39, 0.29) is 24.5 Å². The van der Waals surface area contributed by atoms with Crippen LogP contribution in [0.5, 0.6) is 0 Å². The lowest BCUT2D eigenvalue weighted by molar-refractivity contribution is -0.125. The molecule has 2 N–H and O–H groups in total. The van der Waals surface area contributed by atoms with E-state index in [9.17, 15) is 4.79 Å². The van der Waals surface area contributed by atoms with Crippen LogP contribution in [0.3, 0.4) is 0 Å². The molecule has 4 nitrogen and oxygen atoms in total. The van der Waals surface area contributed by atoms with Crippen LogP contribution in [0.4, 0.5) is 0 Å². The number of carbonyl (C=O) groups excluding carboxylic acids is 1. The zero-order chi connectivity index (χ0) is 11.1. The minimum atomic E-state index is 0.0298. The van der Waals surface area contributed by atoms with Gasteiger partial charge in [-0.25, -0.2) is 0 Å². The zero-order valence-electron chi connectivity index (χ0n) is 9.37. The molecule has 1 rings (SSSR count). The standard InChI is InChI=1S/C11H21NO3/c1-9(8-13)7-12-11(14)6-10-4-2-3-5-15-10/h9-10,13H,2-8H2,1H3,(H,12,14). The van der Waals surface area contributed by atoms with Crippen LogP contribution in [0.15, 0.2) is 0 Å². The van der Waals surface area contributed by atoms with Crippen molar-refractivity contribution in [2.45, 2.75) is 38.7 Å². The number of nitrogens with one attached hydrogen (secondary N) is 1. The molecule has 1 heterocycles. The average molecular weight is 215 g/mol. The smallest absolute Gasteiger partial charge is 0.222 e. The third-order valence-electron chi connectivity index (χ3n) is 2.65. The van der Waals surface area contributed by atoms with Crippen molar-refractivity contribution in [1.29, 1.82) is 0 Å². The molecule has 4 heteroatoms. The quantitative estimate of drug-likeness (QED) is 0.709. The summed E-state index contributed by atoms with van der Waals surface area (Å²) < 4.78 is 5.47. The van der Waals surface area contributed by atoms with Crippen LogP contribution in [-0.2, 0) is 9.53 Å². The maximum Gasteiger partial charge on any atom is 0.222 e. The van der Waals surface area contributed by atoms with E-state index in [1.165, 1.54) is 0 Å². The van der Waals surface area contributed by atoms with Gasteiger partial charge in [-0.05, 0) is 25.2 Å². The number of carbonyl (C=O) groups is 1. The number of aliphatic hydroxyl groups excluding tert-OH is 1. The van der Waals surface area contributed by atoms with Crippen molar-refractivity contribution >= 4 is 5.91 Å². The van der Waals surface area contributed by atoms with Crippen LogP contribution in [-0.4, -0.2) is 36.9 Å². The normalized spacial score (nSPS) is 23.5. The Morgan fingerprint density at radius 3 is 3.00 bits per heavy atom. The summed E-state index contributed by atoms with van der Waals surface area (Å²) >= 11 is 0. The van der Waals surface area contributed by atoms with Crippen molar-refractivity contribution in [1.82, 2.24) is 5.32 Å². The minimum absolute atomic E-state index is 0.0298. The lowest BCUT2D eigenvalue weighted by atomic mass is 10.1. The molecule has 1 aliphatic rings. The number of aliphatic hydroxyl groups is 1. The van der Waals surface area contributed by atoms with Crippen molar-refractivity contribution < 1.29 is 14.6 Å². The first-order chi connectivity index (χ1) is 7.22. The highest BCUT2D eigenvalue weighted by molar-refractivity contribution is 5.76. The van der Waals surface area contributed by atoms with Crippen molar-refractivity contribution in [3.05, 3.63) is 0 Å². The molecule has 0 aliphatic carbocycles. The summed E-state index contributed by atoms with van der Waals surface area (Å²) in [6.45, 7) is 3.34. The van der Waals surface area contributed by atoms with Gasteiger partial charge in [-0.2, -0.15) is 0 Å². The molecule has 1 saturated heterocycles. The van der Waals surface area contributed by atoms with Crippen molar-refractivity contribution in [3.63, 3.8) is 0 Å². The van der Waals surface area contributed by atoms with Gasteiger partial charge in [0.1, 0.15) is 0 Å². The SMILES string of the molecule is CC(CO)CNC(=O)CC1CCCCO1. The molecule has 0 saturated carbocycles. The first-order valence-corrected chi connectivity index (χ1v) is 5.71. The molecule has 88 valence electrons. The maximum absolute atomic E-state index is 11.5. The van der Waals surface area contributed by atoms with Gasteiger partial charge in [-0.1, -0.05) is 6.92 Å². The van der Waals surface area contributed by atoms with Gasteiger partial charge in [-0.3, -0.25) is 4.79 Å². The molecule has 0 radical (unpaired) electrons. The van der Waals surface area contributed by atoms with Crippen LogP contribution in [0.1, 0.15) is 32.6 Å². The van der Waals surface area contributed by atoms with E-state index in [4.69, 9.17) is 9.84 Å². The summed E-state index contributed by atoms with van der Waals surface area (Å²) in [6, 6.07) is 0. The highest BCUT2D eigenvalue weighted by Gasteiger charge is 2.17. The third kappa shape index (κ3) is 5.14. The van der Waals surface area contributed by atoms with Crippen LogP contribution in [0.25, 0.3) is 0 Å². The maximum atomic E-state index is 11.5.